The molecule has 2 nitrogen and oxygen atoms in total. The highest BCUT2D eigenvalue weighted by Gasteiger charge is 2.16. The van der Waals surface area contributed by atoms with Crippen LogP contribution in [-0.2, 0) is 4.79 Å². The molecule has 0 bridgehead atoms. The summed E-state index contributed by atoms with van der Waals surface area (Å²) in [6.45, 7) is 0. The van der Waals surface area contributed by atoms with Crippen LogP contribution in [0, 0.1) is 0 Å². The molecule has 0 saturated heterocycles. The van der Waals surface area contributed by atoms with E-state index in [1.54, 1.807) is 6.20 Å². The fraction of sp³-hybridized carbons (Fsp3) is 0.250. The van der Waals surface area contributed by atoms with Crippen molar-refractivity contribution in [2.45, 2.75) is 19.3 Å². The summed E-state index contributed by atoms with van der Waals surface area (Å²) in [6, 6.07) is 7.41. The molecule has 1 saturated carbocycles. The van der Waals surface area contributed by atoms with Crippen molar-refractivity contribution in [3.8, 4) is 0 Å². The molecule has 1 aromatic carbocycles. The fourth-order valence-corrected chi connectivity index (χ4v) is 1.73. The standard InChI is InChI=1S/C12H12ClNO/c13-10-4-6-11(7-5-10)14-8-9-2-1-3-12(9)15/h4-8,14H,1-3H2/b9-8+. The van der Waals surface area contributed by atoms with E-state index in [4.69, 9.17) is 11.6 Å². The van der Waals surface area contributed by atoms with Crippen LogP contribution >= 0.6 is 11.6 Å². The summed E-state index contributed by atoms with van der Waals surface area (Å²) in [5.74, 6) is 0.261. The van der Waals surface area contributed by atoms with Gasteiger partial charge in [-0.1, -0.05) is 11.6 Å². The van der Waals surface area contributed by atoms with Gasteiger partial charge in [-0.3, -0.25) is 4.79 Å². The van der Waals surface area contributed by atoms with Crippen LogP contribution in [0.4, 0.5) is 5.69 Å². The Balaban J connectivity index is 2.03. The molecule has 1 fully saturated rings. The van der Waals surface area contributed by atoms with Crippen molar-refractivity contribution in [1.29, 1.82) is 0 Å². The second kappa shape index (κ2) is 4.49. The van der Waals surface area contributed by atoms with Crippen molar-refractivity contribution in [2.75, 3.05) is 5.32 Å². The maximum absolute atomic E-state index is 11.3. The number of hydrogen-bond donors (Lipinski definition) is 1. The molecular formula is C12H12ClNO. The van der Waals surface area contributed by atoms with Crippen LogP contribution in [0.5, 0.6) is 0 Å². The van der Waals surface area contributed by atoms with Crippen molar-refractivity contribution in [3.63, 3.8) is 0 Å². The molecule has 3 heteroatoms. The van der Waals surface area contributed by atoms with Crippen LogP contribution < -0.4 is 5.32 Å². The number of anilines is 1. The minimum Gasteiger partial charge on any atom is -0.361 e. The number of Topliss-reactive ketones (excluding diaryl/α,β-unsaturated/α-hetero) is 1. The van der Waals surface area contributed by atoms with Gasteiger partial charge in [0.05, 0.1) is 0 Å². The van der Waals surface area contributed by atoms with Crippen molar-refractivity contribution in [1.82, 2.24) is 0 Å². The Labute approximate surface area is 93.9 Å². The minimum atomic E-state index is 0.261. The maximum Gasteiger partial charge on any atom is 0.160 e. The van der Waals surface area contributed by atoms with Gasteiger partial charge in [0.25, 0.3) is 0 Å². The fourth-order valence-electron chi connectivity index (χ4n) is 1.61. The van der Waals surface area contributed by atoms with Gasteiger partial charge in [-0.2, -0.15) is 0 Å². The summed E-state index contributed by atoms with van der Waals surface area (Å²) in [6.07, 6.45) is 4.36. The third-order valence-electron chi connectivity index (χ3n) is 2.47. The topological polar surface area (TPSA) is 29.1 Å². The first-order valence-corrected chi connectivity index (χ1v) is 5.38. The largest absolute Gasteiger partial charge is 0.361 e. The summed E-state index contributed by atoms with van der Waals surface area (Å²) in [5.41, 5.74) is 1.84. The van der Waals surface area contributed by atoms with E-state index in [2.05, 4.69) is 5.32 Å². The van der Waals surface area contributed by atoms with E-state index in [1.165, 1.54) is 0 Å². The van der Waals surface area contributed by atoms with Gasteiger partial charge in [0.1, 0.15) is 0 Å². The average Bonchev–Trinajstić information content (AvgIpc) is 2.63. The molecule has 2 rings (SSSR count). The molecule has 78 valence electrons. The van der Waals surface area contributed by atoms with Gasteiger partial charge >= 0.3 is 0 Å². The molecule has 1 aromatic rings. The van der Waals surface area contributed by atoms with E-state index >= 15 is 0 Å². The number of carbonyl (C=O) groups is 1. The van der Waals surface area contributed by atoms with Gasteiger partial charge < -0.3 is 5.32 Å². The lowest BCUT2D eigenvalue weighted by Crippen LogP contribution is -1.96. The van der Waals surface area contributed by atoms with E-state index in [1.807, 2.05) is 24.3 Å². The van der Waals surface area contributed by atoms with Crippen LogP contribution in [-0.4, -0.2) is 5.78 Å². The number of allylic oxidation sites excluding steroid dienone is 1. The Bertz CT molecular complexity index is 395. The lowest BCUT2D eigenvalue weighted by Gasteiger charge is -2.01. The van der Waals surface area contributed by atoms with E-state index in [0.29, 0.717) is 11.4 Å². The molecule has 1 N–H and O–H groups in total. The number of rotatable bonds is 2. The molecule has 0 spiro atoms. The van der Waals surface area contributed by atoms with Crippen molar-refractivity contribution in [2.24, 2.45) is 0 Å². The predicted molar refractivity (Wildman–Crippen MR) is 62.0 cm³/mol. The highest BCUT2D eigenvalue weighted by Crippen LogP contribution is 2.21. The van der Waals surface area contributed by atoms with E-state index < -0.39 is 0 Å². The maximum atomic E-state index is 11.3. The van der Waals surface area contributed by atoms with Gasteiger partial charge in [-0.15, -0.1) is 0 Å². The lowest BCUT2D eigenvalue weighted by molar-refractivity contribution is -0.114. The molecule has 15 heavy (non-hydrogen) atoms. The first kappa shape index (κ1) is 10.2. The molecule has 0 aliphatic heterocycles. The number of carbonyl (C=O) groups excluding carboxylic acids is 1. The molecule has 0 atom stereocenters. The first-order valence-electron chi connectivity index (χ1n) is 5.00. The Morgan fingerprint density at radius 2 is 1.93 bits per heavy atom. The number of ketones is 1. The van der Waals surface area contributed by atoms with Gasteiger partial charge in [0, 0.05) is 28.9 Å². The van der Waals surface area contributed by atoms with Crippen LogP contribution in [0.3, 0.4) is 0 Å². The molecule has 0 aromatic heterocycles. The summed E-state index contributed by atoms with van der Waals surface area (Å²) < 4.78 is 0. The van der Waals surface area contributed by atoms with E-state index in [9.17, 15) is 4.79 Å². The molecule has 1 aliphatic carbocycles. The third-order valence-corrected chi connectivity index (χ3v) is 2.72. The zero-order valence-electron chi connectivity index (χ0n) is 8.29. The van der Waals surface area contributed by atoms with Crippen LogP contribution in [0.15, 0.2) is 36.0 Å². The van der Waals surface area contributed by atoms with Crippen molar-refractivity contribution < 1.29 is 4.79 Å². The first-order chi connectivity index (χ1) is 7.25. The van der Waals surface area contributed by atoms with E-state index in [0.717, 1.165) is 24.1 Å². The monoisotopic (exact) mass is 221 g/mol. The molecule has 0 amide bonds. The van der Waals surface area contributed by atoms with Gasteiger partial charge in [-0.05, 0) is 37.1 Å². The zero-order valence-corrected chi connectivity index (χ0v) is 9.05. The Morgan fingerprint density at radius 1 is 1.20 bits per heavy atom. The SMILES string of the molecule is O=C1CCC/C1=C\Nc1ccc(Cl)cc1. The second-order valence-electron chi connectivity index (χ2n) is 3.60. The summed E-state index contributed by atoms with van der Waals surface area (Å²) >= 11 is 5.76. The predicted octanol–water partition coefficient (Wildman–Crippen LogP) is 3.39. The van der Waals surface area contributed by atoms with Crippen LogP contribution in [0.2, 0.25) is 5.02 Å². The summed E-state index contributed by atoms with van der Waals surface area (Å²) in [7, 11) is 0. The number of nitrogens with one attached hydrogen (secondary N) is 1. The highest BCUT2D eigenvalue weighted by atomic mass is 35.5. The van der Waals surface area contributed by atoms with Crippen molar-refractivity contribution in [3.05, 3.63) is 41.1 Å². The van der Waals surface area contributed by atoms with Crippen LogP contribution in [0.1, 0.15) is 19.3 Å². The number of hydrogen-bond acceptors (Lipinski definition) is 2. The minimum absolute atomic E-state index is 0.261. The summed E-state index contributed by atoms with van der Waals surface area (Å²) in [5, 5.41) is 3.82. The molecule has 0 radical (unpaired) electrons. The molecular weight excluding hydrogens is 210 g/mol. The van der Waals surface area contributed by atoms with Gasteiger partial charge in [0.15, 0.2) is 5.78 Å². The molecule has 1 aliphatic rings. The van der Waals surface area contributed by atoms with Crippen molar-refractivity contribution >= 4 is 23.1 Å². The quantitative estimate of drug-likeness (QED) is 0.776. The average molecular weight is 222 g/mol. The van der Waals surface area contributed by atoms with Gasteiger partial charge in [0.2, 0.25) is 0 Å². The van der Waals surface area contributed by atoms with E-state index in [-0.39, 0.29) is 5.78 Å². The summed E-state index contributed by atoms with van der Waals surface area (Å²) in [4.78, 5) is 11.3. The van der Waals surface area contributed by atoms with Gasteiger partial charge in [-0.25, -0.2) is 0 Å². The molecule has 0 heterocycles. The Hall–Kier alpha value is -1.28. The lowest BCUT2D eigenvalue weighted by atomic mass is 10.2. The normalized spacial score (nSPS) is 18.5. The second-order valence-corrected chi connectivity index (χ2v) is 4.03. The Kier molecular flexibility index (Phi) is 3.07. The van der Waals surface area contributed by atoms with Crippen LogP contribution in [0.25, 0.3) is 0 Å². The smallest absolute Gasteiger partial charge is 0.160 e. The number of benzene rings is 1. The third kappa shape index (κ3) is 2.60. The Morgan fingerprint density at radius 3 is 2.53 bits per heavy atom. The highest BCUT2D eigenvalue weighted by molar-refractivity contribution is 6.30. The molecule has 0 unspecified atom stereocenters. The number of halogens is 1. The zero-order chi connectivity index (χ0) is 10.7.